The number of pyridine rings is 1. The Morgan fingerprint density at radius 3 is 2.36 bits per heavy atom. The van der Waals surface area contributed by atoms with Gasteiger partial charge in [0.2, 0.25) is 0 Å². The first-order valence-electron chi connectivity index (χ1n) is 9.00. The zero-order valence-corrected chi connectivity index (χ0v) is 15.1. The fraction of sp³-hybridized carbons (Fsp3) is 0.350. The van der Waals surface area contributed by atoms with Crippen molar-refractivity contribution in [3.63, 3.8) is 0 Å². The Morgan fingerprint density at radius 1 is 1.07 bits per heavy atom. The molecule has 1 aliphatic heterocycles. The predicted octanol–water partition coefficient (Wildman–Crippen LogP) is 3.38. The molecule has 0 atom stereocenters. The molecule has 0 aliphatic carbocycles. The molecular formula is C20H20F3N3O2. The topological polar surface area (TPSA) is 62.3 Å². The summed E-state index contributed by atoms with van der Waals surface area (Å²) in [6, 6.07) is 8.06. The number of nitrogens with one attached hydrogen (secondary N) is 1. The maximum atomic E-state index is 13.0. The van der Waals surface area contributed by atoms with Gasteiger partial charge in [-0.05, 0) is 43.0 Å². The zero-order chi connectivity index (χ0) is 20.1. The maximum Gasteiger partial charge on any atom is 0.417 e. The average molecular weight is 391 g/mol. The second-order valence-electron chi connectivity index (χ2n) is 6.72. The van der Waals surface area contributed by atoms with E-state index in [1.807, 2.05) is 0 Å². The number of piperidine rings is 1. The van der Waals surface area contributed by atoms with Crippen LogP contribution >= 0.6 is 0 Å². The van der Waals surface area contributed by atoms with Gasteiger partial charge in [-0.25, -0.2) is 0 Å². The van der Waals surface area contributed by atoms with Crippen LogP contribution in [0.5, 0.6) is 0 Å². The lowest BCUT2D eigenvalue weighted by molar-refractivity contribution is -0.137. The van der Waals surface area contributed by atoms with Crippen molar-refractivity contribution in [1.82, 2.24) is 15.2 Å². The SMILES string of the molecule is O=C(NCC1CCN(C(=O)c2ccncc2)CC1)c1ccccc1C(F)(F)F. The van der Waals surface area contributed by atoms with E-state index in [-0.39, 0.29) is 23.9 Å². The van der Waals surface area contributed by atoms with Gasteiger partial charge < -0.3 is 10.2 Å². The summed E-state index contributed by atoms with van der Waals surface area (Å²) in [7, 11) is 0. The van der Waals surface area contributed by atoms with Gasteiger partial charge in [-0.1, -0.05) is 12.1 Å². The number of carbonyl (C=O) groups excluding carboxylic acids is 2. The minimum Gasteiger partial charge on any atom is -0.352 e. The lowest BCUT2D eigenvalue weighted by Crippen LogP contribution is -2.41. The number of rotatable bonds is 4. The third-order valence-corrected chi connectivity index (χ3v) is 4.86. The molecule has 3 rings (SSSR count). The molecule has 1 aromatic carbocycles. The number of aromatic nitrogens is 1. The van der Waals surface area contributed by atoms with Gasteiger partial charge in [0.1, 0.15) is 0 Å². The van der Waals surface area contributed by atoms with Crippen LogP contribution in [-0.4, -0.2) is 41.3 Å². The lowest BCUT2D eigenvalue weighted by atomic mass is 9.96. The Bertz CT molecular complexity index is 832. The van der Waals surface area contributed by atoms with Gasteiger partial charge in [-0.3, -0.25) is 14.6 Å². The number of benzene rings is 1. The molecule has 0 spiro atoms. The molecule has 2 aromatic rings. The summed E-state index contributed by atoms with van der Waals surface area (Å²) in [4.78, 5) is 30.3. The number of alkyl halides is 3. The molecule has 1 saturated heterocycles. The smallest absolute Gasteiger partial charge is 0.352 e. The van der Waals surface area contributed by atoms with Crippen LogP contribution in [-0.2, 0) is 6.18 Å². The molecule has 5 nitrogen and oxygen atoms in total. The number of hydrogen-bond acceptors (Lipinski definition) is 3. The molecule has 0 unspecified atom stereocenters. The van der Waals surface area contributed by atoms with Crippen molar-refractivity contribution >= 4 is 11.8 Å². The van der Waals surface area contributed by atoms with Crippen LogP contribution in [0.4, 0.5) is 13.2 Å². The zero-order valence-electron chi connectivity index (χ0n) is 15.1. The monoisotopic (exact) mass is 391 g/mol. The number of likely N-dealkylation sites (tertiary alicyclic amines) is 1. The number of halogens is 3. The van der Waals surface area contributed by atoms with E-state index >= 15 is 0 Å². The summed E-state index contributed by atoms with van der Waals surface area (Å²) in [5.74, 6) is -0.685. The van der Waals surface area contributed by atoms with Gasteiger partial charge in [-0.15, -0.1) is 0 Å². The fourth-order valence-electron chi connectivity index (χ4n) is 3.28. The standard InChI is InChI=1S/C20H20F3N3O2/c21-20(22,23)17-4-2-1-3-16(17)18(27)25-13-14-7-11-26(12-8-14)19(28)15-5-9-24-10-6-15/h1-6,9-10,14H,7-8,11-13H2,(H,25,27). The Labute approximate surface area is 160 Å². The summed E-state index contributed by atoms with van der Waals surface area (Å²) >= 11 is 0. The fourth-order valence-corrected chi connectivity index (χ4v) is 3.28. The lowest BCUT2D eigenvalue weighted by Gasteiger charge is -2.32. The van der Waals surface area contributed by atoms with E-state index < -0.39 is 17.6 Å². The molecular weight excluding hydrogens is 371 g/mol. The first kappa shape index (κ1) is 19.9. The molecule has 1 fully saturated rings. The van der Waals surface area contributed by atoms with Crippen LogP contribution in [0.15, 0.2) is 48.8 Å². The molecule has 1 N–H and O–H groups in total. The van der Waals surface area contributed by atoms with E-state index in [1.165, 1.54) is 18.2 Å². The van der Waals surface area contributed by atoms with E-state index in [4.69, 9.17) is 0 Å². The molecule has 0 bridgehead atoms. The largest absolute Gasteiger partial charge is 0.417 e. The van der Waals surface area contributed by atoms with Crippen molar-refractivity contribution in [2.75, 3.05) is 19.6 Å². The van der Waals surface area contributed by atoms with Gasteiger partial charge in [0.15, 0.2) is 0 Å². The van der Waals surface area contributed by atoms with Crippen molar-refractivity contribution in [1.29, 1.82) is 0 Å². The van der Waals surface area contributed by atoms with E-state index in [1.54, 1.807) is 29.4 Å². The van der Waals surface area contributed by atoms with Gasteiger partial charge >= 0.3 is 6.18 Å². The Hall–Kier alpha value is -2.90. The quantitative estimate of drug-likeness (QED) is 0.869. The van der Waals surface area contributed by atoms with Crippen LogP contribution in [0, 0.1) is 5.92 Å². The number of hydrogen-bond donors (Lipinski definition) is 1. The molecule has 0 radical (unpaired) electrons. The second-order valence-corrected chi connectivity index (χ2v) is 6.72. The van der Waals surface area contributed by atoms with Gasteiger partial charge in [0.25, 0.3) is 11.8 Å². The van der Waals surface area contributed by atoms with E-state index in [2.05, 4.69) is 10.3 Å². The first-order chi connectivity index (χ1) is 13.4. The van der Waals surface area contributed by atoms with Gasteiger partial charge in [-0.2, -0.15) is 13.2 Å². The minimum atomic E-state index is -4.58. The number of nitrogens with zero attached hydrogens (tertiary/aromatic N) is 2. The highest BCUT2D eigenvalue weighted by atomic mass is 19.4. The summed E-state index contributed by atoms with van der Waals surface area (Å²) < 4.78 is 39.1. The van der Waals surface area contributed by atoms with E-state index in [0.717, 1.165) is 6.07 Å². The molecule has 2 heterocycles. The van der Waals surface area contributed by atoms with Crippen LogP contribution in [0.3, 0.4) is 0 Å². The minimum absolute atomic E-state index is 0.0657. The highest BCUT2D eigenvalue weighted by molar-refractivity contribution is 5.96. The van der Waals surface area contributed by atoms with Crippen LogP contribution < -0.4 is 5.32 Å². The van der Waals surface area contributed by atoms with Crippen LogP contribution in [0.2, 0.25) is 0 Å². The molecule has 148 valence electrons. The van der Waals surface area contributed by atoms with Crippen LogP contribution in [0.25, 0.3) is 0 Å². The summed E-state index contributed by atoms with van der Waals surface area (Å²) in [5.41, 5.74) is -0.740. The van der Waals surface area contributed by atoms with Gasteiger partial charge in [0, 0.05) is 37.6 Å². The summed E-state index contributed by atoms with van der Waals surface area (Å²) in [5, 5.41) is 2.61. The van der Waals surface area contributed by atoms with Crippen molar-refractivity contribution < 1.29 is 22.8 Å². The molecule has 0 saturated carbocycles. The molecule has 28 heavy (non-hydrogen) atoms. The number of carbonyl (C=O) groups is 2. The second kappa shape index (κ2) is 8.41. The van der Waals surface area contributed by atoms with Gasteiger partial charge in [0.05, 0.1) is 11.1 Å². The van der Waals surface area contributed by atoms with Crippen molar-refractivity contribution in [2.45, 2.75) is 19.0 Å². The number of amides is 2. The van der Waals surface area contributed by atoms with Crippen molar-refractivity contribution in [2.24, 2.45) is 5.92 Å². The van der Waals surface area contributed by atoms with E-state index in [9.17, 15) is 22.8 Å². The normalized spacial score (nSPS) is 15.3. The van der Waals surface area contributed by atoms with E-state index in [0.29, 0.717) is 31.5 Å². The average Bonchev–Trinajstić information content (AvgIpc) is 2.72. The van der Waals surface area contributed by atoms with Crippen molar-refractivity contribution in [3.05, 3.63) is 65.5 Å². The Morgan fingerprint density at radius 2 is 1.71 bits per heavy atom. The third kappa shape index (κ3) is 4.68. The molecule has 1 aliphatic rings. The van der Waals surface area contributed by atoms with Crippen LogP contribution in [0.1, 0.15) is 39.1 Å². The predicted molar refractivity (Wildman–Crippen MR) is 96.6 cm³/mol. The molecule has 8 heteroatoms. The maximum absolute atomic E-state index is 13.0. The molecule has 1 aromatic heterocycles. The molecule has 2 amide bonds. The Kier molecular flexibility index (Phi) is 5.96. The highest BCUT2D eigenvalue weighted by Gasteiger charge is 2.35. The Balaban J connectivity index is 1.52. The third-order valence-electron chi connectivity index (χ3n) is 4.86. The highest BCUT2D eigenvalue weighted by Crippen LogP contribution is 2.31. The van der Waals surface area contributed by atoms with Crippen molar-refractivity contribution in [3.8, 4) is 0 Å². The summed E-state index contributed by atoms with van der Waals surface area (Å²) in [6.45, 7) is 1.37. The first-order valence-corrected chi connectivity index (χ1v) is 9.00. The summed E-state index contributed by atoms with van der Waals surface area (Å²) in [6.07, 6.45) is -0.0920.